The molecule has 0 bridgehead atoms. The van der Waals surface area contributed by atoms with Crippen LogP contribution < -0.4 is 5.32 Å². The molecule has 6 heteroatoms. The van der Waals surface area contributed by atoms with Crippen LogP contribution in [-0.4, -0.2) is 27.2 Å². The Morgan fingerprint density at radius 1 is 1.21 bits per heavy atom. The fourth-order valence-corrected chi connectivity index (χ4v) is 2.58. The standard InChI is InChI=1S/C18H20N4O2/c1-14-20-17(24-21-14)9-10-19-18(23)16(22-11-5-6-12-22)13-15-7-3-2-4-8-15/h2-8,11-12,16H,9-10,13H2,1H3,(H,19,23)/t16-/m1/s1. The summed E-state index contributed by atoms with van der Waals surface area (Å²) in [7, 11) is 0. The maximum absolute atomic E-state index is 12.6. The molecule has 1 amide bonds. The highest BCUT2D eigenvalue weighted by Gasteiger charge is 2.20. The van der Waals surface area contributed by atoms with Crippen LogP contribution in [0.5, 0.6) is 0 Å². The number of aromatic nitrogens is 3. The summed E-state index contributed by atoms with van der Waals surface area (Å²) >= 11 is 0. The summed E-state index contributed by atoms with van der Waals surface area (Å²) in [5, 5.41) is 6.70. The van der Waals surface area contributed by atoms with Crippen molar-refractivity contribution >= 4 is 5.91 Å². The van der Waals surface area contributed by atoms with E-state index in [0.717, 1.165) is 5.56 Å². The number of hydrogen-bond donors (Lipinski definition) is 1. The van der Waals surface area contributed by atoms with E-state index in [0.29, 0.717) is 31.1 Å². The average molecular weight is 324 g/mol. The Morgan fingerprint density at radius 2 is 1.96 bits per heavy atom. The molecule has 2 aromatic heterocycles. The van der Waals surface area contributed by atoms with Gasteiger partial charge in [0.05, 0.1) is 0 Å². The summed E-state index contributed by atoms with van der Waals surface area (Å²) in [6, 6.07) is 13.6. The lowest BCUT2D eigenvalue weighted by Crippen LogP contribution is -2.34. The zero-order valence-electron chi connectivity index (χ0n) is 13.6. The second-order valence-electron chi connectivity index (χ2n) is 5.61. The van der Waals surface area contributed by atoms with Gasteiger partial charge in [-0.1, -0.05) is 35.5 Å². The highest BCUT2D eigenvalue weighted by Crippen LogP contribution is 2.15. The van der Waals surface area contributed by atoms with Gasteiger partial charge in [-0.25, -0.2) is 0 Å². The summed E-state index contributed by atoms with van der Waals surface area (Å²) in [6.07, 6.45) is 4.99. The van der Waals surface area contributed by atoms with Crippen LogP contribution in [0, 0.1) is 6.92 Å². The predicted molar refractivity (Wildman–Crippen MR) is 89.4 cm³/mol. The Balaban J connectivity index is 1.63. The lowest BCUT2D eigenvalue weighted by atomic mass is 10.1. The molecule has 0 aliphatic rings. The molecule has 1 N–H and O–H groups in total. The molecule has 24 heavy (non-hydrogen) atoms. The molecule has 0 spiro atoms. The van der Waals surface area contributed by atoms with Crippen LogP contribution in [0.1, 0.15) is 23.3 Å². The van der Waals surface area contributed by atoms with E-state index >= 15 is 0 Å². The second-order valence-corrected chi connectivity index (χ2v) is 5.61. The lowest BCUT2D eigenvalue weighted by Gasteiger charge is -2.18. The van der Waals surface area contributed by atoms with Gasteiger partial charge in [0.25, 0.3) is 0 Å². The molecule has 0 aliphatic heterocycles. The van der Waals surface area contributed by atoms with Crippen molar-refractivity contribution < 1.29 is 9.32 Å². The Bertz CT molecular complexity index is 765. The highest BCUT2D eigenvalue weighted by atomic mass is 16.5. The van der Waals surface area contributed by atoms with Crippen molar-refractivity contribution in [3.8, 4) is 0 Å². The summed E-state index contributed by atoms with van der Waals surface area (Å²) in [5.41, 5.74) is 1.12. The van der Waals surface area contributed by atoms with E-state index in [2.05, 4.69) is 15.5 Å². The largest absolute Gasteiger partial charge is 0.354 e. The maximum atomic E-state index is 12.6. The number of nitrogens with zero attached hydrogens (tertiary/aromatic N) is 3. The number of benzene rings is 1. The third-order valence-electron chi connectivity index (χ3n) is 3.77. The van der Waals surface area contributed by atoms with Crippen LogP contribution in [0.2, 0.25) is 0 Å². The summed E-state index contributed by atoms with van der Waals surface area (Å²) in [4.78, 5) is 16.8. The smallest absolute Gasteiger partial charge is 0.243 e. The number of nitrogens with one attached hydrogen (secondary N) is 1. The summed E-state index contributed by atoms with van der Waals surface area (Å²) in [5.74, 6) is 1.12. The molecule has 0 fully saturated rings. The normalized spacial score (nSPS) is 12.0. The molecule has 6 nitrogen and oxygen atoms in total. The Kier molecular flexibility index (Phi) is 5.05. The van der Waals surface area contributed by atoms with Crippen LogP contribution in [-0.2, 0) is 17.6 Å². The van der Waals surface area contributed by atoms with Gasteiger partial charge in [0.2, 0.25) is 11.8 Å². The molecule has 0 aliphatic carbocycles. The first-order chi connectivity index (χ1) is 11.7. The quantitative estimate of drug-likeness (QED) is 0.724. The fraction of sp³-hybridized carbons (Fsp3) is 0.278. The number of aryl methyl sites for hydroxylation is 1. The van der Waals surface area contributed by atoms with Crippen LogP contribution in [0.4, 0.5) is 0 Å². The van der Waals surface area contributed by atoms with Crippen molar-refractivity contribution in [2.24, 2.45) is 0 Å². The van der Waals surface area contributed by atoms with Crippen LogP contribution in [0.15, 0.2) is 59.4 Å². The number of carbonyl (C=O) groups excluding carboxylic acids is 1. The van der Waals surface area contributed by atoms with E-state index in [-0.39, 0.29) is 11.9 Å². The lowest BCUT2D eigenvalue weighted by molar-refractivity contribution is -0.124. The minimum Gasteiger partial charge on any atom is -0.354 e. The van der Waals surface area contributed by atoms with E-state index in [9.17, 15) is 4.79 Å². The molecule has 0 unspecified atom stereocenters. The number of amides is 1. The molecular formula is C18H20N4O2. The maximum Gasteiger partial charge on any atom is 0.243 e. The van der Waals surface area contributed by atoms with Gasteiger partial charge in [-0.2, -0.15) is 4.98 Å². The monoisotopic (exact) mass is 324 g/mol. The molecule has 1 atom stereocenters. The van der Waals surface area contributed by atoms with E-state index in [4.69, 9.17) is 4.52 Å². The van der Waals surface area contributed by atoms with Gasteiger partial charge in [0, 0.05) is 31.8 Å². The van der Waals surface area contributed by atoms with Gasteiger partial charge in [0.1, 0.15) is 6.04 Å². The van der Waals surface area contributed by atoms with Gasteiger partial charge in [-0.05, 0) is 24.6 Å². The van der Waals surface area contributed by atoms with E-state index < -0.39 is 0 Å². The molecule has 124 valence electrons. The Morgan fingerprint density at radius 3 is 2.62 bits per heavy atom. The Hall–Kier alpha value is -2.89. The average Bonchev–Trinajstić information content (AvgIpc) is 3.25. The Labute approximate surface area is 140 Å². The van der Waals surface area contributed by atoms with Gasteiger partial charge in [0.15, 0.2) is 5.82 Å². The number of carbonyl (C=O) groups is 1. The first-order valence-electron chi connectivity index (χ1n) is 7.95. The summed E-state index contributed by atoms with van der Waals surface area (Å²) in [6.45, 7) is 2.24. The van der Waals surface area contributed by atoms with Gasteiger partial charge < -0.3 is 14.4 Å². The number of rotatable bonds is 7. The van der Waals surface area contributed by atoms with Gasteiger partial charge in [-0.15, -0.1) is 0 Å². The van der Waals surface area contributed by atoms with Crippen molar-refractivity contribution in [1.82, 2.24) is 20.0 Å². The molecular weight excluding hydrogens is 304 g/mol. The summed E-state index contributed by atoms with van der Waals surface area (Å²) < 4.78 is 6.99. The minimum atomic E-state index is -0.285. The van der Waals surface area contributed by atoms with E-state index in [1.54, 1.807) is 6.92 Å². The first-order valence-corrected chi connectivity index (χ1v) is 7.95. The van der Waals surface area contributed by atoms with Crippen molar-refractivity contribution in [1.29, 1.82) is 0 Å². The third kappa shape index (κ3) is 4.10. The highest BCUT2D eigenvalue weighted by molar-refractivity contribution is 5.80. The topological polar surface area (TPSA) is 73.0 Å². The van der Waals surface area contributed by atoms with Crippen LogP contribution >= 0.6 is 0 Å². The predicted octanol–water partition coefficient (Wildman–Crippen LogP) is 2.32. The van der Waals surface area contributed by atoms with E-state index in [1.165, 1.54) is 0 Å². The van der Waals surface area contributed by atoms with Crippen molar-refractivity contribution in [3.05, 3.63) is 72.1 Å². The second kappa shape index (κ2) is 7.59. The molecule has 3 rings (SSSR count). The minimum absolute atomic E-state index is 0.0220. The fourth-order valence-electron chi connectivity index (χ4n) is 2.58. The molecule has 0 saturated carbocycles. The van der Waals surface area contributed by atoms with Gasteiger partial charge in [-0.3, -0.25) is 4.79 Å². The molecule has 0 saturated heterocycles. The molecule has 1 aromatic carbocycles. The molecule has 3 aromatic rings. The van der Waals surface area contributed by atoms with Crippen molar-refractivity contribution in [3.63, 3.8) is 0 Å². The molecule has 0 radical (unpaired) electrons. The SMILES string of the molecule is Cc1noc(CCNC(=O)[C@@H](Cc2ccccc2)n2cccc2)n1. The molecule has 2 heterocycles. The first kappa shape index (κ1) is 16.0. The third-order valence-corrected chi connectivity index (χ3v) is 3.77. The van der Waals surface area contributed by atoms with Crippen molar-refractivity contribution in [2.75, 3.05) is 6.54 Å². The van der Waals surface area contributed by atoms with Crippen LogP contribution in [0.25, 0.3) is 0 Å². The zero-order valence-corrected chi connectivity index (χ0v) is 13.6. The van der Waals surface area contributed by atoms with Crippen molar-refractivity contribution in [2.45, 2.75) is 25.8 Å². The number of hydrogen-bond acceptors (Lipinski definition) is 4. The van der Waals surface area contributed by atoms with Crippen LogP contribution in [0.3, 0.4) is 0 Å². The zero-order chi connectivity index (χ0) is 16.8. The van der Waals surface area contributed by atoms with Gasteiger partial charge >= 0.3 is 0 Å². The van der Waals surface area contributed by atoms with E-state index in [1.807, 2.05) is 59.4 Å².